The molecule has 4 nitrogen and oxygen atoms in total. The molecule has 2 unspecified atom stereocenters. The Morgan fingerprint density at radius 3 is 2.62 bits per heavy atom. The summed E-state index contributed by atoms with van der Waals surface area (Å²) in [7, 11) is 0. The molecule has 2 atom stereocenters. The second-order valence-electron chi connectivity index (χ2n) is 6.20. The Morgan fingerprint density at radius 2 is 1.92 bits per heavy atom. The van der Waals surface area contributed by atoms with Crippen molar-refractivity contribution in [3.8, 4) is 0 Å². The van der Waals surface area contributed by atoms with Crippen LogP contribution in [-0.2, 0) is 9.53 Å². The normalized spacial score (nSPS) is 19.2. The number of morpholine rings is 1. The van der Waals surface area contributed by atoms with Crippen molar-refractivity contribution < 1.29 is 13.9 Å². The molecule has 0 spiro atoms. The molecule has 1 N–H and O–H groups in total. The highest BCUT2D eigenvalue weighted by Crippen LogP contribution is 2.25. The molecule has 7 heteroatoms. The summed E-state index contributed by atoms with van der Waals surface area (Å²) in [6.07, 6.45) is -0.0866. The number of nitrogens with one attached hydrogen (secondary N) is 1. The fourth-order valence-corrected chi connectivity index (χ4v) is 3.49. The van der Waals surface area contributed by atoms with Crippen LogP contribution in [0.25, 0.3) is 0 Å². The number of ether oxygens (including phenoxy) is 1. The van der Waals surface area contributed by atoms with Crippen molar-refractivity contribution in [2.24, 2.45) is 0 Å². The molecule has 0 aromatic heterocycles. The molecule has 138 valence electrons. The third-order valence-electron chi connectivity index (χ3n) is 4.46. The van der Waals surface area contributed by atoms with Gasteiger partial charge in [-0.25, -0.2) is 4.39 Å². The van der Waals surface area contributed by atoms with E-state index in [1.165, 1.54) is 6.07 Å². The van der Waals surface area contributed by atoms with Crippen LogP contribution in [0.4, 0.5) is 10.1 Å². The number of carbonyl (C=O) groups excluding carboxylic acids is 1. The first-order valence-corrected chi connectivity index (χ1v) is 9.89. The Labute approximate surface area is 169 Å². The zero-order valence-electron chi connectivity index (χ0n) is 14.2. The number of hydrogen-bond acceptors (Lipinski definition) is 3. The zero-order valence-corrected chi connectivity index (χ0v) is 17.4. The molecule has 1 amide bonds. The minimum absolute atomic E-state index is 0.0866. The van der Waals surface area contributed by atoms with E-state index in [0.29, 0.717) is 24.2 Å². The van der Waals surface area contributed by atoms with Gasteiger partial charge in [0, 0.05) is 22.0 Å². The summed E-state index contributed by atoms with van der Waals surface area (Å²) in [6, 6.07) is 12.2. The zero-order chi connectivity index (χ0) is 18.7. The van der Waals surface area contributed by atoms with Crippen molar-refractivity contribution in [2.45, 2.75) is 19.1 Å². The molecule has 3 rings (SSSR count). The average molecular weight is 486 g/mol. The summed E-state index contributed by atoms with van der Waals surface area (Å²) >= 11 is 6.64. The van der Waals surface area contributed by atoms with Gasteiger partial charge in [0.15, 0.2) is 0 Å². The summed E-state index contributed by atoms with van der Waals surface area (Å²) in [4.78, 5) is 14.6. The van der Waals surface area contributed by atoms with Gasteiger partial charge in [0.2, 0.25) is 5.91 Å². The highest BCUT2D eigenvalue weighted by molar-refractivity contribution is 9.10. The van der Waals surface area contributed by atoms with Gasteiger partial charge in [0.1, 0.15) is 5.82 Å². The Balaban J connectivity index is 1.65. The lowest BCUT2D eigenvalue weighted by Crippen LogP contribution is -2.48. The first-order valence-electron chi connectivity index (χ1n) is 8.31. The van der Waals surface area contributed by atoms with Crippen molar-refractivity contribution in [3.05, 3.63) is 62.8 Å². The van der Waals surface area contributed by atoms with Gasteiger partial charge in [-0.15, -0.1) is 0 Å². The van der Waals surface area contributed by atoms with Crippen molar-refractivity contribution >= 4 is 43.5 Å². The lowest BCUT2D eigenvalue weighted by Gasteiger charge is -2.36. The second-order valence-corrected chi connectivity index (χ2v) is 8.03. The topological polar surface area (TPSA) is 41.6 Å². The Morgan fingerprint density at radius 1 is 1.23 bits per heavy atom. The number of rotatable bonds is 4. The lowest BCUT2D eigenvalue weighted by atomic mass is 10.1. The molecule has 0 bridgehead atoms. The molecule has 0 aliphatic carbocycles. The highest BCUT2D eigenvalue weighted by atomic mass is 79.9. The number of carbonyl (C=O) groups is 1. The summed E-state index contributed by atoms with van der Waals surface area (Å²) < 4.78 is 21.5. The number of anilines is 1. The van der Waals surface area contributed by atoms with E-state index in [2.05, 4.69) is 42.1 Å². The van der Waals surface area contributed by atoms with Crippen LogP contribution in [0, 0.1) is 5.82 Å². The van der Waals surface area contributed by atoms with E-state index in [-0.39, 0.29) is 23.7 Å². The van der Waals surface area contributed by atoms with Gasteiger partial charge in [0.05, 0.1) is 24.4 Å². The van der Waals surface area contributed by atoms with E-state index in [0.717, 1.165) is 10.0 Å². The molecule has 0 saturated carbocycles. The first-order chi connectivity index (χ1) is 12.4. The fourth-order valence-electron chi connectivity index (χ4n) is 2.89. The van der Waals surface area contributed by atoms with Gasteiger partial charge in [-0.2, -0.15) is 0 Å². The van der Waals surface area contributed by atoms with Crippen molar-refractivity contribution in [3.63, 3.8) is 0 Å². The monoisotopic (exact) mass is 484 g/mol. The lowest BCUT2D eigenvalue weighted by molar-refractivity contribution is -0.124. The number of amides is 1. The van der Waals surface area contributed by atoms with Crippen LogP contribution in [0.1, 0.15) is 18.6 Å². The molecule has 1 aliphatic rings. The number of nitrogens with zero attached hydrogens (tertiary/aromatic N) is 1. The maximum absolute atomic E-state index is 14.0. The highest BCUT2D eigenvalue weighted by Gasteiger charge is 2.29. The van der Waals surface area contributed by atoms with Gasteiger partial charge >= 0.3 is 0 Å². The Kier molecular flexibility index (Phi) is 6.45. The van der Waals surface area contributed by atoms with Gasteiger partial charge < -0.3 is 10.1 Å². The summed E-state index contributed by atoms with van der Waals surface area (Å²) in [5.41, 5.74) is 1.26. The molecule has 26 heavy (non-hydrogen) atoms. The average Bonchev–Trinajstić information content (AvgIpc) is 2.64. The van der Waals surface area contributed by atoms with Crippen LogP contribution in [0.5, 0.6) is 0 Å². The summed E-state index contributed by atoms with van der Waals surface area (Å²) in [5.74, 6) is -0.697. The van der Waals surface area contributed by atoms with Crippen molar-refractivity contribution in [2.75, 3.05) is 25.0 Å². The first kappa shape index (κ1) is 19.5. The number of hydrogen-bond donors (Lipinski definition) is 1. The second kappa shape index (κ2) is 8.61. The van der Waals surface area contributed by atoms with Crippen LogP contribution < -0.4 is 5.32 Å². The fraction of sp³-hybridized carbons (Fsp3) is 0.316. The van der Waals surface area contributed by atoms with E-state index in [9.17, 15) is 9.18 Å². The van der Waals surface area contributed by atoms with Gasteiger partial charge in [-0.3, -0.25) is 9.69 Å². The molecule has 1 aliphatic heterocycles. The predicted molar refractivity (Wildman–Crippen MR) is 107 cm³/mol. The van der Waals surface area contributed by atoms with Gasteiger partial charge in [-0.1, -0.05) is 44.0 Å². The molecule has 0 radical (unpaired) electrons. The summed E-state index contributed by atoms with van der Waals surface area (Å²) in [6.45, 7) is 3.64. The standard InChI is InChI=1S/C19H19Br2FN2O2/c1-12(19(25)23-17-7-6-15(21)10-16(17)22)24-8-9-26-18(11-24)13-2-4-14(20)5-3-13/h2-7,10,12,18H,8-9,11H2,1H3,(H,23,25). The number of halogens is 3. The Hall–Kier alpha value is -1.28. The van der Waals surface area contributed by atoms with Crippen LogP contribution in [0.3, 0.4) is 0 Å². The van der Waals surface area contributed by atoms with Gasteiger partial charge in [0.25, 0.3) is 0 Å². The van der Waals surface area contributed by atoms with Crippen molar-refractivity contribution in [1.82, 2.24) is 4.90 Å². The smallest absolute Gasteiger partial charge is 0.241 e. The van der Waals surface area contributed by atoms with Crippen LogP contribution in [0.15, 0.2) is 51.4 Å². The van der Waals surface area contributed by atoms with Crippen LogP contribution in [0.2, 0.25) is 0 Å². The van der Waals surface area contributed by atoms with E-state index in [1.807, 2.05) is 31.2 Å². The third kappa shape index (κ3) is 4.71. The summed E-state index contributed by atoms with van der Waals surface area (Å²) in [5, 5.41) is 2.67. The minimum atomic E-state index is -0.463. The van der Waals surface area contributed by atoms with Crippen LogP contribution >= 0.6 is 31.9 Å². The minimum Gasteiger partial charge on any atom is -0.371 e. The number of benzene rings is 2. The van der Waals surface area contributed by atoms with E-state index < -0.39 is 5.82 Å². The maximum Gasteiger partial charge on any atom is 0.241 e. The molecule has 1 saturated heterocycles. The van der Waals surface area contributed by atoms with E-state index in [4.69, 9.17) is 4.74 Å². The van der Waals surface area contributed by atoms with E-state index >= 15 is 0 Å². The van der Waals surface area contributed by atoms with Gasteiger partial charge in [-0.05, 0) is 42.8 Å². The van der Waals surface area contributed by atoms with Crippen LogP contribution in [-0.4, -0.2) is 36.5 Å². The molecule has 2 aromatic rings. The Bertz CT molecular complexity index is 786. The van der Waals surface area contributed by atoms with E-state index in [1.54, 1.807) is 12.1 Å². The SMILES string of the molecule is CC(C(=O)Nc1ccc(Br)cc1F)N1CCOC(c2ccc(Br)cc2)C1. The predicted octanol–water partition coefficient (Wildman–Crippen LogP) is 4.75. The maximum atomic E-state index is 14.0. The molecular formula is C19H19Br2FN2O2. The molecule has 1 heterocycles. The molecule has 1 fully saturated rings. The quantitative estimate of drug-likeness (QED) is 0.679. The largest absolute Gasteiger partial charge is 0.371 e. The van der Waals surface area contributed by atoms with Crippen molar-refractivity contribution in [1.29, 1.82) is 0 Å². The molecule has 2 aromatic carbocycles. The third-order valence-corrected chi connectivity index (χ3v) is 5.48. The molecular weight excluding hydrogens is 467 g/mol.